The van der Waals surface area contributed by atoms with Gasteiger partial charge in [-0.05, 0) is 41.9 Å². The average Bonchev–Trinajstić information content (AvgIpc) is 3.60. The summed E-state index contributed by atoms with van der Waals surface area (Å²) in [6.07, 6.45) is 5.63. The van der Waals surface area contributed by atoms with E-state index in [1.54, 1.807) is 0 Å². The number of rotatable bonds is 11. The summed E-state index contributed by atoms with van der Waals surface area (Å²) in [5.41, 5.74) is 2.96. The lowest BCUT2D eigenvalue weighted by molar-refractivity contribution is -0.127. The first kappa shape index (κ1) is 29.5. The van der Waals surface area contributed by atoms with Crippen molar-refractivity contribution in [2.24, 2.45) is 11.8 Å². The standard InChI is InChI=1S/C33H44N2O6/c36-29(28(18-23-11-5-2-6-12-23)34-33(39)41-26-15-16-40-21-26)20-25(17-22-9-3-1-4-10-22)32(38)35-31-27-14-8-7-13-24(27)19-30(31)37/h1,3-4,7-10,13-14,23,25-26,28-31,36-37H,2,5-6,11-12,15-21H2,(H,34,39)(H,35,38)/t25-,26-,28-,29-,30+,31-/m0/s1. The number of carbonyl (C=O) groups excluding carboxylic acids is 2. The molecule has 41 heavy (non-hydrogen) atoms. The number of amides is 2. The smallest absolute Gasteiger partial charge is 0.407 e. The zero-order valence-electron chi connectivity index (χ0n) is 23.8. The van der Waals surface area contributed by atoms with E-state index in [9.17, 15) is 19.8 Å². The molecule has 5 rings (SSSR count). The summed E-state index contributed by atoms with van der Waals surface area (Å²) in [6.45, 7) is 0.960. The van der Waals surface area contributed by atoms with Crippen LogP contribution in [0.3, 0.4) is 0 Å². The predicted octanol–water partition coefficient (Wildman–Crippen LogP) is 4.22. The molecular weight excluding hydrogens is 520 g/mol. The van der Waals surface area contributed by atoms with Crippen LogP contribution < -0.4 is 10.6 Å². The van der Waals surface area contributed by atoms with E-state index < -0.39 is 36.3 Å². The minimum absolute atomic E-state index is 0.176. The van der Waals surface area contributed by atoms with Crippen LogP contribution in [0.2, 0.25) is 0 Å². The van der Waals surface area contributed by atoms with E-state index in [0.29, 0.717) is 44.8 Å². The van der Waals surface area contributed by atoms with E-state index in [0.717, 1.165) is 42.4 Å². The summed E-state index contributed by atoms with van der Waals surface area (Å²) < 4.78 is 10.9. The second kappa shape index (κ2) is 14.3. The molecule has 2 fully saturated rings. The van der Waals surface area contributed by atoms with E-state index in [-0.39, 0.29) is 18.4 Å². The van der Waals surface area contributed by atoms with Gasteiger partial charge in [-0.25, -0.2) is 4.79 Å². The lowest BCUT2D eigenvalue weighted by Crippen LogP contribution is -2.48. The summed E-state index contributed by atoms with van der Waals surface area (Å²) in [4.78, 5) is 26.6. The molecule has 2 aromatic carbocycles. The van der Waals surface area contributed by atoms with Crippen molar-refractivity contribution in [2.45, 2.75) is 94.6 Å². The first-order valence-electron chi connectivity index (χ1n) is 15.3. The molecule has 0 aromatic heterocycles. The summed E-state index contributed by atoms with van der Waals surface area (Å²) >= 11 is 0. The third-order valence-corrected chi connectivity index (χ3v) is 8.96. The molecule has 8 heteroatoms. The number of aliphatic hydroxyl groups is 2. The third kappa shape index (κ3) is 8.09. The quantitative estimate of drug-likeness (QED) is 0.325. The van der Waals surface area contributed by atoms with Crippen molar-refractivity contribution in [1.82, 2.24) is 10.6 Å². The van der Waals surface area contributed by atoms with E-state index >= 15 is 0 Å². The molecule has 0 bridgehead atoms. The molecule has 2 amide bonds. The predicted molar refractivity (Wildman–Crippen MR) is 155 cm³/mol. The molecule has 4 N–H and O–H groups in total. The molecule has 1 saturated carbocycles. The summed E-state index contributed by atoms with van der Waals surface area (Å²) in [7, 11) is 0. The van der Waals surface area contributed by atoms with E-state index in [1.165, 1.54) is 6.42 Å². The summed E-state index contributed by atoms with van der Waals surface area (Å²) in [6, 6.07) is 16.5. The molecule has 8 nitrogen and oxygen atoms in total. The summed E-state index contributed by atoms with van der Waals surface area (Å²) in [5, 5.41) is 28.4. The maximum Gasteiger partial charge on any atom is 0.407 e. The maximum atomic E-state index is 13.8. The van der Waals surface area contributed by atoms with Gasteiger partial charge in [-0.2, -0.15) is 0 Å². The first-order chi connectivity index (χ1) is 20.0. The fraction of sp³-hybridized carbons (Fsp3) is 0.576. The van der Waals surface area contributed by atoms with Gasteiger partial charge in [0.25, 0.3) is 0 Å². The van der Waals surface area contributed by atoms with Gasteiger partial charge < -0.3 is 30.3 Å². The molecule has 0 spiro atoms. The second-order valence-corrected chi connectivity index (χ2v) is 12.0. The fourth-order valence-corrected chi connectivity index (χ4v) is 6.69. The summed E-state index contributed by atoms with van der Waals surface area (Å²) in [5.74, 6) is -0.358. The largest absolute Gasteiger partial charge is 0.444 e. The van der Waals surface area contributed by atoms with Crippen molar-refractivity contribution in [3.8, 4) is 0 Å². The molecule has 0 radical (unpaired) electrons. The minimum atomic E-state index is -0.940. The lowest BCUT2D eigenvalue weighted by Gasteiger charge is -2.32. The number of ether oxygens (including phenoxy) is 2. The van der Waals surface area contributed by atoms with Crippen molar-refractivity contribution in [1.29, 1.82) is 0 Å². The zero-order chi connectivity index (χ0) is 28.6. The number of carbonyl (C=O) groups is 2. The number of hydrogen-bond donors (Lipinski definition) is 4. The molecule has 3 aliphatic rings. The molecule has 2 aliphatic carbocycles. The molecule has 0 unspecified atom stereocenters. The highest BCUT2D eigenvalue weighted by Gasteiger charge is 2.36. The molecular formula is C33H44N2O6. The van der Waals surface area contributed by atoms with Crippen LogP contribution in [0, 0.1) is 11.8 Å². The molecule has 1 heterocycles. The Morgan fingerprint density at radius 2 is 1.76 bits per heavy atom. The second-order valence-electron chi connectivity index (χ2n) is 12.0. The topological polar surface area (TPSA) is 117 Å². The van der Waals surface area contributed by atoms with Crippen molar-refractivity contribution in [2.75, 3.05) is 13.2 Å². The van der Waals surface area contributed by atoms with Crippen LogP contribution in [0.4, 0.5) is 4.79 Å². The van der Waals surface area contributed by atoms with Gasteiger partial charge in [0.1, 0.15) is 6.10 Å². The maximum absolute atomic E-state index is 13.8. The van der Waals surface area contributed by atoms with Gasteiger partial charge in [-0.3, -0.25) is 4.79 Å². The normalized spacial score (nSPS) is 24.7. The number of aliphatic hydroxyl groups excluding tert-OH is 2. The highest BCUT2D eigenvalue weighted by Crippen LogP contribution is 2.33. The Balaban J connectivity index is 1.30. The van der Waals surface area contributed by atoms with Gasteiger partial charge in [0, 0.05) is 18.8 Å². The number of nitrogens with one attached hydrogen (secondary N) is 2. The Kier molecular flexibility index (Phi) is 10.3. The van der Waals surface area contributed by atoms with Crippen LogP contribution in [-0.4, -0.2) is 59.8 Å². The molecule has 222 valence electrons. The Morgan fingerprint density at radius 3 is 2.51 bits per heavy atom. The lowest BCUT2D eigenvalue weighted by atomic mass is 9.82. The van der Waals surface area contributed by atoms with Crippen LogP contribution in [-0.2, 0) is 27.1 Å². The average molecular weight is 565 g/mol. The SMILES string of the molecule is O=C(N[C@@H](CC1CCCCC1)[C@@H](O)C[C@H](Cc1ccccc1)C(=O)N[C@H]1c2ccccc2C[C@H]1O)O[C@H]1CCOC1. The van der Waals surface area contributed by atoms with Gasteiger partial charge in [0.05, 0.1) is 37.5 Å². The van der Waals surface area contributed by atoms with Gasteiger partial charge in [-0.15, -0.1) is 0 Å². The van der Waals surface area contributed by atoms with E-state index in [2.05, 4.69) is 10.6 Å². The van der Waals surface area contributed by atoms with Crippen molar-refractivity contribution in [3.63, 3.8) is 0 Å². The van der Waals surface area contributed by atoms with Crippen LogP contribution >= 0.6 is 0 Å². The zero-order valence-corrected chi connectivity index (χ0v) is 23.8. The highest BCUT2D eigenvalue weighted by atomic mass is 16.6. The molecule has 1 aliphatic heterocycles. The van der Waals surface area contributed by atoms with Gasteiger partial charge in [0.15, 0.2) is 0 Å². The van der Waals surface area contributed by atoms with Crippen LogP contribution in [0.5, 0.6) is 0 Å². The number of alkyl carbamates (subject to hydrolysis) is 1. The Bertz CT molecular complexity index is 1130. The van der Waals surface area contributed by atoms with E-state index in [1.807, 2.05) is 54.6 Å². The monoisotopic (exact) mass is 564 g/mol. The molecule has 6 atom stereocenters. The highest BCUT2D eigenvalue weighted by molar-refractivity contribution is 5.80. The van der Waals surface area contributed by atoms with Gasteiger partial charge in [-0.1, -0.05) is 86.7 Å². The fourth-order valence-electron chi connectivity index (χ4n) is 6.69. The third-order valence-electron chi connectivity index (χ3n) is 8.96. The van der Waals surface area contributed by atoms with Crippen molar-refractivity contribution >= 4 is 12.0 Å². The van der Waals surface area contributed by atoms with Crippen molar-refractivity contribution in [3.05, 3.63) is 71.3 Å². The van der Waals surface area contributed by atoms with Crippen LogP contribution in [0.1, 0.15) is 74.1 Å². The van der Waals surface area contributed by atoms with Crippen molar-refractivity contribution < 1.29 is 29.3 Å². The van der Waals surface area contributed by atoms with Gasteiger partial charge in [0.2, 0.25) is 5.91 Å². The van der Waals surface area contributed by atoms with Crippen LogP contribution in [0.15, 0.2) is 54.6 Å². The number of fused-ring (bicyclic) bond motifs is 1. The Hall–Kier alpha value is -2.94. The minimum Gasteiger partial charge on any atom is -0.444 e. The Labute approximate surface area is 242 Å². The molecule has 1 saturated heterocycles. The molecule has 2 aromatic rings. The van der Waals surface area contributed by atoms with Gasteiger partial charge >= 0.3 is 6.09 Å². The number of hydrogen-bond acceptors (Lipinski definition) is 6. The van der Waals surface area contributed by atoms with E-state index in [4.69, 9.17) is 9.47 Å². The van der Waals surface area contributed by atoms with Crippen LogP contribution in [0.25, 0.3) is 0 Å². The first-order valence-corrected chi connectivity index (χ1v) is 15.3. The Morgan fingerprint density at radius 1 is 1.00 bits per heavy atom. The number of benzene rings is 2.